The van der Waals surface area contributed by atoms with Gasteiger partial charge < -0.3 is 10.5 Å². The third kappa shape index (κ3) is 3.15. The van der Waals surface area contributed by atoms with Crippen LogP contribution < -0.4 is 5.73 Å². The van der Waals surface area contributed by atoms with Crippen molar-refractivity contribution in [1.82, 2.24) is 4.98 Å². The van der Waals surface area contributed by atoms with Gasteiger partial charge in [-0.3, -0.25) is 0 Å². The number of pyridine rings is 1. The Labute approximate surface area is 124 Å². The summed E-state index contributed by atoms with van der Waals surface area (Å²) in [6, 6.07) is 9.14. The Hall–Kier alpha value is -2.10. The van der Waals surface area contributed by atoms with E-state index in [9.17, 15) is 4.79 Å². The monoisotopic (exact) mass is 284 g/mol. The highest BCUT2D eigenvalue weighted by Crippen LogP contribution is 2.24. The van der Waals surface area contributed by atoms with Gasteiger partial charge in [0.25, 0.3) is 0 Å². The van der Waals surface area contributed by atoms with E-state index >= 15 is 0 Å². The van der Waals surface area contributed by atoms with Crippen molar-refractivity contribution in [3.63, 3.8) is 0 Å². The maximum absolute atomic E-state index is 12.1. The van der Waals surface area contributed by atoms with Crippen LogP contribution in [0.2, 0.25) is 0 Å². The van der Waals surface area contributed by atoms with Crippen LogP contribution in [0.5, 0.6) is 0 Å². The van der Waals surface area contributed by atoms with E-state index in [1.807, 2.05) is 24.3 Å². The molecule has 1 aromatic carbocycles. The summed E-state index contributed by atoms with van der Waals surface area (Å²) in [6.45, 7) is 0.493. The Balaban J connectivity index is 1.72. The Morgan fingerprint density at radius 2 is 2.00 bits per heavy atom. The largest absolute Gasteiger partial charge is 0.461 e. The van der Waals surface area contributed by atoms with Crippen LogP contribution in [0.25, 0.3) is 10.9 Å². The molecule has 4 nitrogen and oxygen atoms in total. The van der Waals surface area contributed by atoms with Gasteiger partial charge >= 0.3 is 5.97 Å². The van der Waals surface area contributed by atoms with Gasteiger partial charge in [0.2, 0.25) is 0 Å². The van der Waals surface area contributed by atoms with Gasteiger partial charge in [-0.25, -0.2) is 9.78 Å². The predicted octanol–water partition coefficient (Wildman–Crippen LogP) is 3.55. The van der Waals surface area contributed by atoms with E-state index in [2.05, 4.69) is 4.98 Å². The summed E-state index contributed by atoms with van der Waals surface area (Å²) in [6.07, 6.45) is 6.08. The summed E-state index contributed by atoms with van der Waals surface area (Å²) >= 11 is 0. The number of fused-ring (bicyclic) bond motifs is 1. The lowest BCUT2D eigenvalue weighted by Gasteiger charge is -2.20. The van der Waals surface area contributed by atoms with Crippen LogP contribution in [0, 0.1) is 5.92 Å². The zero-order valence-corrected chi connectivity index (χ0v) is 12.0. The van der Waals surface area contributed by atoms with E-state index in [1.165, 1.54) is 19.3 Å². The number of carbonyl (C=O) groups is 1. The highest BCUT2D eigenvalue weighted by Gasteiger charge is 2.17. The highest BCUT2D eigenvalue weighted by molar-refractivity contribution is 5.96. The summed E-state index contributed by atoms with van der Waals surface area (Å²) in [7, 11) is 0. The molecule has 0 atom stereocenters. The second-order valence-corrected chi connectivity index (χ2v) is 5.72. The molecular formula is C17H20N2O2. The van der Waals surface area contributed by atoms with Gasteiger partial charge in [-0.2, -0.15) is 0 Å². The molecule has 2 N–H and O–H groups in total. The molecule has 110 valence electrons. The summed E-state index contributed by atoms with van der Waals surface area (Å²) in [5.74, 6) is 0.124. The fraction of sp³-hybridized carbons (Fsp3) is 0.412. The lowest BCUT2D eigenvalue weighted by atomic mass is 9.90. The second kappa shape index (κ2) is 6.12. The third-order valence-corrected chi connectivity index (χ3v) is 4.13. The molecule has 0 saturated heterocycles. The topological polar surface area (TPSA) is 65.2 Å². The minimum absolute atomic E-state index is 0.294. The van der Waals surface area contributed by atoms with Crippen LogP contribution in [0.4, 0.5) is 5.69 Å². The number of nitrogens with zero attached hydrogens (tertiary/aromatic N) is 1. The average molecular weight is 284 g/mol. The number of rotatable bonds is 3. The second-order valence-electron chi connectivity index (χ2n) is 5.72. The lowest BCUT2D eigenvalue weighted by molar-refractivity contribution is 0.0404. The third-order valence-electron chi connectivity index (χ3n) is 4.13. The number of ether oxygens (including phenoxy) is 1. The van der Waals surface area contributed by atoms with E-state index in [0.717, 1.165) is 23.7 Å². The Morgan fingerprint density at radius 3 is 2.81 bits per heavy atom. The summed E-state index contributed by atoms with van der Waals surface area (Å²) in [4.78, 5) is 16.5. The molecule has 0 amide bonds. The lowest BCUT2D eigenvalue weighted by Crippen LogP contribution is -2.17. The molecule has 0 bridgehead atoms. The fourth-order valence-electron chi connectivity index (χ4n) is 2.93. The zero-order chi connectivity index (χ0) is 14.7. The molecule has 0 radical (unpaired) electrons. The number of nitrogens with two attached hydrogens (primary N) is 1. The number of hydrogen-bond donors (Lipinski definition) is 1. The van der Waals surface area contributed by atoms with Gasteiger partial charge in [0, 0.05) is 11.1 Å². The molecule has 0 unspecified atom stereocenters. The Bertz CT molecular complexity index is 648. The molecule has 1 saturated carbocycles. The van der Waals surface area contributed by atoms with Crippen LogP contribution in [-0.4, -0.2) is 17.6 Å². The maximum atomic E-state index is 12.1. The molecule has 3 rings (SSSR count). The minimum Gasteiger partial charge on any atom is -0.461 e. The number of nitrogen functional groups attached to an aromatic ring is 1. The molecule has 2 aromatic rings. The van der Waals surface area contributed by atoms with Crippen LogP contribution in [0.3, 0.4) is 0 Å². The first kappa shape index (κ1) is 13.9. The van der Waals surface area contributed by atoms with Crippen molar-refractivity contribution in [2.45, 2.75) is 32.1 Å². The highest BCUT2D eigenvalue weighted by atomic mass is 16.5. The van der Waals surface area contributed by atoms with Gasteiger partial charge in [-0.1, -0.05) is 37.5 Å². The average Bonchev–Trinajstić information content (AvgIpc) is 2.53. The number of hydrogen-bond acceptors (Lipinski definition) is 4. The molecule has 0 aliphatic heterocycles. The van der Waals surface area contributed by atoms with Crippen molar-refractivity contribution in [1.29, 1.82) is 0 Å². The van der Waals surface area contributed by atoms with Crippen LogP contribution >= 0.6 is 0 Å². The molecule has 1 aliphatic carbocycles. The van der Waals surface area contributed by atoms with Gasteiger partial charge in [-0.05, 0) is 30.9 Å². The van der Waals surface area contributed by atoms with Crippen LogP contribution in [0.15, 0.2) is 30.3 Å². The number of para-hydroxylation sites is 1. The standard InChI is InChI=1S/C17H20N2O2/c18-14-10-16(19-15-9-5-4-8-13(14)15)17(20)21-11-12-6-2-1-3-7-12/h4-5,8-10,12H,1-3,6-7,11H2,(H2,18,19). The number of benzene rings is 1. The van der Waals surface area contributed by atoms with Crippen LogP contribution in [0.1, 0.15) is 42.6 Å². The van der Waals surface area contributed by atoms with Gasteiger partial charge in [0.1, 0.15) is 0 Å². The summed E-state index contributed by atoms with van der Waals surface area (Å²) < 4.78 is 5.41. The number of esters is 1. The van der Waals surface area contributed by atoms with Crippen molar-refractivity contribution in [2.75, 3.05) is 12.3 Å². The predicted molar refractivity (Wildman–Crippen MR) is 83.0 cm³/mol. The minimum atomic E-state index is -0.377. The molecule has 4 heteroatoms. The Kier molecular flexibility index (Phi) is 4.04. The normalized spacial score (nSPS) is 16.0. The number of aromatic nitrogens is 1. The SMILES string of the molecule is Nc1cc(C(=O)OCC2CCCCC2)nc2ccccc12. The van der Waals surface area contributed by atoms with E-state index in [-0.39, 0.29) is 5.97 Å². The quantitative estimate of drug-likeness (QED) is 0.875. The molecule has 1 aromatic heterocycles. The maximum Gasteiger partial charge on any atom is 0.357 e. The van der Waals surface area contributed by atoms with Crippen molar-refractivity contribution < 1.29 is 9.53 Å². The van der Waals surface area contributed by atoms with Crippen molar-refractivity contribution in [2.24, 2.45) is 5.92 Å². The molecular weight excluding hydrogens is 264 g/mol. The van der Waals surface area contributed by atoms with Crippen LogP contribution in [-0.2, 0) is 4.74 Å². The van der Waals surface area contributed by atoms with Crippen molar-refractivity contribution in [3.8, 4) is 0 Å². The number of anilines is 1. The van der Waals surface area contributed by atoms with Crippen molar-refractivity contribution >= 4 is 22.6 Å². The van der Waals surface area contributed by atoms with E-state index in [4.69, 9.17) is 10.5 Å². The zero-order valence-electron chi connectivity index (χ0n) is 12.0. The number of carbonyl (C=O) groups excluding carboxylic acids is 1. The molecule has 1 heterocycles. The molecule has 0 spiro atoms. The first-order valence-corrected chi connectivity index (χ1v) is 7.56. The summed E-state index contributed by atoms with van der Waals surface area (Å²) in [5, 5.41) is 0.862. The first-order valence-electron chi connectivity index (χ1n) is 7.56. The van der Waals surface area contributed by atoms with Crippen molar-refractivity contribution in [3.05, 3.63) is 36.0 Å². The van der Waals surface area contributed by atoms with Gasteiger partial charge in [0.05, 0.1) is 12.1 Å². The summed E-state index contributed by atoms with van der Waals surface area (Å²) in [5.41, 5.74) is 7.56. The first-order chi connectivity index (χ1) is 10.2. The smallest absolute Gasteiger partial charge is 0.357 e. The van der Waals surface area contributed by atoms with E-state index in [0.29, 0.717) is 23.9 Å². The van der Waals surface area contributed by atoms with E-state index in [1.54, 1.807) is 6.07 Å². The Morgan fingerprint density at radius 1 is 1.24 bits per heavy atom. The molecule has 1 fully saturated rings. The fourth-order valence-corrected chi connectivity index (χ4v) is 2.93. The van der Waals surface area contributed by atoms with Gasteiger partial charge in [0.15, 0.2) is 5.69 Å². The van der Waals surface area contributed by atoms with Gasteiger partial charge in [-0.15, -0.1) is 0 Å². The van der Waals surface area contributed by atoms with E-state index < -0.39 is 0 Å². The molecule has 21 heavy (non-hydrogen) atoms. The molecule has 1 aliphatic rings.